The summed E-state index contributed by atoms with van der Waals surface area (Å²) in [6.07, 6.45) is 9.23. The minimum absolute atomic E-state index is 0. The number of aryl methyl sites for hydroxylation is 1. The molecule has 0 radical (unpaired) electrons. The molecule has 35 heavy (non-hydrogen) atoms. The minimum Gasteiger partial charge on any atom is -0.435 e. The Morgan fingerprint density at radius 3 is 1.69 bits per heavy atom. The lowest BCUT2D eigenvalue weighted by Gasteiger charge is -2.47. The van der Waals surface area contributed by atoms with Crippen molar-refractivity contribution in [3.8, 4) is 5.75 Å². The second-order valence-corrected chi connectivity index (χ2v) is 9.79. The number of nitrogens with zero attached hydrogens (tertiary/aromatic N) is 1. The summed E-state index contributed by atoms with van der Waals surface area (Å²) in [6.45, 7) is 9.96. The molecule has 8 heteroatoms. The Morgan fingerprint density at radius 2 is 1.29 bits per heavy atom. The van der Waals surface area contributed by atoms with Crippen LogP contribution in [0.25, 0.3) is 0 Å². The van der Waals surface area contributed by atoms with Crippen LogP contribution in [0.4, 0.5) is 8.78 Å². The quantitative estimate of drug-likeness (QED) is 0.292. The zero-order valence-corrected chi connectivity index (χ0v) is 23.7. The number of hydrogen-bond donors (Lipinski definition) is 0. The van der Waals surface area contributed by atoms with Crippen molar-refractivity contribution in [1.82, 2.24) is 4.31 Å². The van der Waals surface area contributed by atoms with Crippen LogP contribution in [0.2, 0.25) is 0 Å². The van der Waals surface area contributed by atoms with E-state index in [1.54, 1.807) is 23.9 Å². The number of ether oxygens (including phenoxy) is 1. The molecule has 1 heterocycles. The van der Waals surface area contributed by atoms with Crippen LogP contribution in [-0.4, -0.2) is 41.2 Å². The minimum atomic E-state index is -2.75. The van der Waals surface area contributed by atoms with Crippen LogP contribution in [0.5, 0.6) is 5.75 Å². The van der Waals surface area contributed by atoms with Gasteiger partial charge in [0.05, 0.1) is 0 Å². The maximum absolute atomic E-state index is 11.7. The van der Waals surface area contributed by atoms with Crippen LogP contribution in [0.3, 0.4) is 0 Å². The van der Waals surface area contributed by atoms with Gasteiger partial charge >= 0.3 is 6.61 Å². The Labute approximate surface area is 220 Å². The van der Waals surface area contributed by atoms with E-state index in [1.165, 1.54) is 67.8 Å². The van der Waals surface area contributed by atoms with Crippen LogP contribution in [0.1, 0.15) is 65.4 Å². The maximum atomic E-state index is 11.7. The normalized spacial score (nSPS) is 15.3. The van der Waals surface area contributed by atoms with Crippen molar-refractivity contribution in [1.29, 1.82) is 0 Å². The monoisotopic (exact) mass is 533 g/mol. The van der Waals surface area contributed by atoms with E-state index in [1.807, 2.05) is 45.9 Å². The number of halogens is 2. The van der Waals surface area contributed by atoms with Gasteiger partial charge in [0.1, 0.15) is 5.75 Å². The zero-order valence-electron chi connectivity index (χ0n) is 22.1. The lowest BCUT2D eigenvalue weighted by molar-refractivity contribution is -0.0498. The van der Waals surface area contributed by atoms with Gasteiger partial charge in [-0.2, -0.15) is 8.78 Å². The fraction of sp³-hybridized carbons (Fsp3) is 0.556. The van der Waals surface area contributed by atoms with Crippen LogP contribution in [-0.2, 0) is 0 Å². The van der Waals surface area contributed by atoms with Crippen molar-refractivity contribution < 1.29 is 24.5 Å². The summed E-state index contributed by atoms with van der Waals surface area (Å²) in [4.78, 5) is 2.41. The number of benzene rings is 2. The number of hydrogen-bond acceptors (Lipinski definition) is 4. The van der Waals surface area contributed by atoms with Crippen LogP contribution < -0.4 is 4.74 Å². The van der Waals surface area contributed by atoms with Crippen molar-refractivity contribution in [3.05, 3.63) is 54.1 Å². The first-order chi connectivity index (χ1) is 16.0. The van der Waals surface area contributed by atoms with E-state index >= 15 is 0 Å². The Hall–Kier alpha value is -1.32. The Kier molecular flexibility index (Phi) is 20.3. The lowest BCUT2D eigenvalue weighted by atomic mass is 9.63. The lowest BCUT2D eigenvalue weighted by Crippen LogP contribution is -2.40. The molecular weight excluding hydrogens is 488 g/mol. The van der Waals surface area contributed by atoms with Gasteiger partial charge in [0, 0.05) is 22.9 Å². The number of alkyl halides is 2. The van der Waals surface area contributed by atoms with Gasteiger partial charge < -0.3 is 15.7 Å². The van der Waals surface area contributed by atoms with E-state index in [-0.39, 0.29) is 16.7 Å². The van der Waals surface area contributed by atoms with E-state index in [2.05, 4.69) is 40.2 Å². The summed E-state index contributed by atoms with van der Waals surface area (Å²) in [7, 11) is 0. The van der Waals surface area contributed by atoms with Crippen molar-refractivity contribution in [2.24, 2.45) is 5.41 Å². The molecule has 2 aromatic rings. The van der Waals surface area contributed by atoms with Gasteiger partial charge in [-0.1, -0.05) is 51.8 Å². The first-order valence-electron chi connectivity index (χ1n) is 12.1. The highest BCUT2D eigenvalue weighted by Crippen LogP contribution is 2.49. The Bertz CT molecular complexity index is 748. The predicted octanol–water partition coefficient (Wildman–Crippen LogP) is 7.68. The molecule has 4 rings (SSSR count). The van der Waals surface area contributed by atoms with Crippen LogP contribution in [0, 0.1) is 12.3 Å². The molecule has 1 saturated carbocycles. The van der Waals surface area contributed by atoms with Gasteiger partial charge in [-0.25, -0.2) is 4.31 Å². The topological polar surface area (TPSA) is 75.5 Å². The molecule has 4 N–H and O–H groups in total. The highest BCUT2D eigenvalue weighted by Gasteiger charge is 2.39. The van der Waals surface area contributed by atoms with E-state index in [0.29, 0.717) is 0 Å². The molecule has 1 aliphatic heterocycles. The smallest absolute Gasteiger partial charge is 0.387 e. The van der Waals surface area contributed by atoms with E-state index in [0.717, 1.165) is 10.3 Å². The summed E-state index contributed by atoms with van der Waals surface area (Å²) in [5, 5.41) is 0. The van der Waals surface area contributed by atoms with Gasteiger partial charge in [-0.15, -0.1) is 11.8 Å². The first-order valence-corrected chi connectivity index (χ1v) is 14.1. The summed E-state index contributed by atoms with van der Waals surface area (Å²) >= 11 is 3.50. The third-order valence-corrected chi connectivity index (χ3v) is 7.59. The molecule has 0 unspecified atom stereocenters. The van der Waals surface area contributed by atoms with Gasteiger partial charge in [0.15, 0.2) is 0 Å². The predicted molar refractivity (Wildman–Crippen MR) is 149 cm³/mol. The molecule has 2 fully saturated rings. The number of rotatable bonds is 5. The summed E-state index contributed by atoms with van der Waals surface area (Å²) in [5.41, 5.74) is 2.12. The second-order valence-electron chi connectivity index (χ2n) is 7.74. The molecular formula is C27H45F2NO3S2. The maximum Gasteiger partial charge on any atom is 0.387 e. The molecule has 0 aromatic heterocycles. The fourth-order valence-corrected chi connectivity index (χ4v) is 5.06. The van der Waals surface area contributed by atoms with Crippen LogP contribution >= 0.6 is 23.7 Å². The SMILES string of the molecule is CC.CC.CSc1ccc(OC(F)F)cc1.Cc1ccc(SN2CCC3(CCC3)CC2)cc1.O.O. The Morgan fingerprint density at radius 1 is 0.800 bits per heavy atom. The molecule has 2 aromatic carbocycles. The molecule has 0 atom stereocenters. The highest BCUT2D eigenvalue weighted by molar-refractivity contribution is 7.98. The van der Waals surface area contributed by atoms with Gasteiger partial charge in [-0.05, 0) is 92.6 Å². The first kappa shape index (κ1) is 35.8. The third-order valence-electron chi connectivity index (χ3n) is 5.74. The number of piperidine rings is 1. The zero-order chi connectivity index (χ0) is 24.7. The number of thioether (sulfide) groups is 1. The molecule has 4 nitrogen and oxygen atoms in total. The van der Waals surface area contributed by atoms with Gasteiger partial charge in [-0.3, -0.25) is 0 Å². The summed E-state index contributed by atoms with van der Waals surface area (Å²) in [5.74, 6) is 0.197. The van der Waals surface area contributed by atoms with Gasteiger partial charge in [0.2, 0.25) is 0 Å². The van der Waals surface area contributed by atoms with Crippen molar-refractivity contribution >= 4 is 23.7 Å². The summed E-state index contributed by atoms with van der Waals surface area (Å²) in [6, 6.07) is 15.4. The van der Waals surface area contributed by atoms with E-state index in [4.69, 9.17) is 0 Å². The van der Waals surface area contributed by atoms with E-state index < -0.39 is 6.61 Å². The second kappa shape index (κ2) is 19.8. The van der Waals surface area contributed by atoms with Crippen molar-refractivity contribution in [3.63, 3.8) is 0 Å². The average molecular weight is 534 g/mol. The molecule has 0 amide bonds. The Balaban J connectivity index is 0. The molecule has 1 aliphatic carbocycles. The molecule has 1 saturated heterocycles. The largest absolute Gasteiger partial charge is 0.435 e. The fourth-order valence-electron chi connectivity index (χ4n) is 3.73. The molecule has 2 aliphatic rings. The van der Waals surface area contributed by atoms with E-state index in [9.17, 15) is 8.78 Å². The molecule has 1 spiro atoms. The summed E-state index contributed by atoms with van der Waals surface area (Å²) < 4.78 is 30.1. The van der Waals surface area contributed by atoms with Gasteiger partial charge in [0.25, 0.3) is 0 Å². The standard InChI is InChI=1S/C15H21NS.C8H8F2OS.2C2H6.2H2O/c1-13-3-5-14(6-4-13)17-16-11-9-15(10-12-16)7-2-8-15;1-12-7-4-2-6(3-5-7)11-8(9)10;2*1-2;;/h3-6H,2,7-12H2,1H3;2-5,8H,1H3;2*1-2H3;2*1H2. The highest BCUT2D eigenvalue weighted by atomic mass is 32.2. The third kappa shape index (κ3) is 13.0. The van der Waals surface area contributed by atoms with Crippen molar-refractivity contribution in [2.75, 3.05) is 19.3 Å². The molecule has 0 bridgehead atoms. The molecule has 202 valence electrons. The van der Waals surface area contributed by atoms with Crippen LogP contribution in [0.15, 0.2) is 58.3 Å². The van der Waals surface area contributed by atoms with Crippen molar-refractivity contribution in [2.45, 2.75) is 83.1 Å². The average Bonchev–Trinajstić information content (AvgIpc) is 2.83.